The minimum Gasteiger partial charge on any atom is -0.507 e. The van der Waals surface area contributed by atoms with Crippen molar-refractivity contribution in [3.05, 3.63) is 71.8 Å². The van der Waals surface area contributed by atoms with Crippen LogP contribution in [0, 0.1) is 0 Å². The van der Waals surface area contributed by atoms with Gasteiger partial charge in [0, 0.05) is 71.0 Å². The van der Waals surface area contributed by atoms with Crippen molar-refractivity contribution in [2.24, 2.45) is 0 Å². The summed E-state index contributed by atoms with van der Waals surface area (Å²) in [5.74, 6) is 0.721. The second kappa shape index (κ2) is 10.5. The summed E-state index contributed by atoms with van der Waals surface area (Å²) in [7, 11) is 0. The summed E-state index contributed by atoms with van der Waals surface area (Å²) in [6, 6.07) is 18.8. The molecule has 0 saturated heterocycles. The summed E-state index contributed by atoms with van der Waals surface area (Å²) in [5.41, 5.74) is 3.57. The highest BCUT2D eigenvalue weighted by Crippen LogP contribution is 2.47. The second-order valence-electron chi connectivity index (χ2n) is 10.3. The molecule has 2 aliphatic rings. The lowest BCUT2D eigenvalue weighted by molar-refractivity contribution is -0.119. The number of nitrogens with zero attached hydrogens (tertiary/aromatic N) is 2. The number of hydrogen-bond acceptors (Lipinski definition) is 4. The quantitative estimate of drug-likeness (QED) is 0.177. The molecule has 0 aliphatic carbocycles. The Kier molecular flexibility index (Phi) is 7.05. The monoisotopic (exact) mass is 654 g/mol. The van der Waals surface area contributed by atoms with E-state index in [9.17, 15) is 19.8 Å². The zero-order chi connectivity index (χ0) is 27.3. The molecule has 2 aliphatic heterocycles. The Hall–Kier alpha value is -3.04. The summed E-state index contributed by atoms with van der Waals surface area (Å²) in [6.07, 6.45) is 0.859. The third kappa shape index (κ3) is 4.39. The summed E-state index contributed by atoms with van der Waals surface area (Å²) in [4.78, 5) is 30.2. The number of carbonyl (C=O) groups excluding carboxylic acids is 2. The van der Waals surface area contributed by atoms with Crippen LogP contribution in [0.5, 0.6) is 11.5 Å². The smallest absolute Gasteiger partial charge is 0.227 e. The molecule has 2 atom stereocenters. The third-order valence-electron chi connectivity index (χ3n) is 8.05. The number of anilines is 2. The predicted octanol–water partition coefficient (Wildman–Crippen LogP) is 6.81. The van der Waals surface area contributed by atoms with E-state index in [4.69, 9.17) is 11.6 Å². The van der Waals surface area contributed by atoms with Crippen molar-refractivity contribution in [2.45, 2.75) is 31.1 Å². The number of halogens is 2. The van der Waals surface area contributed by atoms with E-state index < -0.39 is 0 Å². The maximum atomic E-state index is 13.4. The van der Waals surface area contributed by atoms with Gasteiger partial charge in [0.05, 0.1) is 11.4 Å². The lowest BCUT2D eigenvalue weighted by Crippen LogP contribution is -2.32. The van der Waals surface area contributed by atoms with Crippen LogP contribution in [-0.4, -0.2) is 45.4 Å². The van der Waals surface area contributed by atoms with Gasteiger partial charge in [-0.15, -0.1) is 11.6 Å². The highest BCUT2D eigenvalue weighted by molar-refractivity contribution is 14.1. The normalized spacial score (nSPS) is 18.1. The third-order valence-corrected chi connectivity index (χ3v) is 9.48. The van der Waals surface area contributed by atoms with Gasteiger partial charge in [0.2, 0.25) is 11.8 Å². The molecule has 39 heavy (non-hydrogen) atoms. The van der Waals surface area contributed by atoms with Gasteiger partial charge in [-0.3, -0.25) is 9.59 Å². The Morgan fingerprint density at radius 2 is 1.21 bits per heavy atom. The van der Waals surface area contributed by atoms with Crippen LogP contribution in [0.15, 0.2) is 60.7 Å². The van der Waals surface area contributed by atoms with Gasteiger partial charge in [-0.05, 0) is 28.3 Å². The SMILES string of the molecule is O=C(CCCC(=O)N1C[C@@H](CI)c2c1cc(O)c1ccccc21)N1C[C@@H](CCl)c2c1cc(O)c1ccccc21. The topological polar surface area (TPSA) is 81.1 Å². The van der Waals surface area contributed by atoms with Crippen molar-refractivity contribution >= 4 is 78.9 Å². The first-order valence-corrected chi connectivity index (χ1v) is 15.2. The minimum absolute atomic E-state index is 0.0217. The number of benzene rings is 4. The Balaban J connectivity index is 1.19. The van der Waals surface area contributed by atoms with Crippen LogP contribution in [0.4, 0.5) is 11.4 Å². The standard InChI is InChI=1S/C31H28ClIN2O4/c32-14-18-16-34(24-12-26(36)20-6-1-3-8-22(20)30(18)24)28(38)10-5-11-29(39)35-17-19(15-33)31-23-9-4-2-7-21(23)27(37)13-25(31)35/h1-4,6-9,12-13,18-19,36-37H,5,10-11,14-17H2/t18-,19-/m1/s1. The number of aromatic hydroxyl groups is 2. The first-order chi connectivity index (χ1) is 18.9. The van der Waals surface area contributed by atoms with Crippen LogP contribution in [0.3, 0.4) is 0 Å². The molecule has 4 aromatic rings. The molecule has 0 radical (unpaired) electrons. The van der Waals surface area contributed by atoms with Gasteiger partial charge in [0.25, 0.3) is 0 Å². The van der Waals surface area contributed by atoms with E-state index in [1.807, 2.05) is 48.5 Å². The fourth-order valence-corrected chi connectivity index (χ4v) is 7.21. The summed E-state index contributed by atoms with van der Waals surface area (Å²) < 4.78 is 0.861. The Labute approximate surface area is 245 Å². The van der Waals surface area contributed by atoms with Gasteiger partial charge in [-0.25, -0.2) is 0 Å². The van der Waals surface area contributed by atoms with E-state index >= 15 is 0 Å². The molecule has 0 aromatic heterocycles. The molecule has 8 heteroatoms. The van der Waals surface area contributed by atoms with E-state index in [0.717, 1.165) is 42.8 Å². The zero-order valence-electron chi connectivity index (χ0n) is 21.2. The number of phenolic OH excluding ortho intramolecular Hbond substituents is 2. The fraction of sp³-hybridized carbons (Fsp3) is 0.290. The Bertz CT molecular complexity index is 1500. The minimum atomic E-state index is -0.0815. The first-order valence-electron chi connectivity index (χ1n) is 13.1. The van der Waals surface area contributed by atoms with Crippen LogP contribution < -0.4 is 9.80 Å². The lowest BCUT2D eigenvalue weighted by Gasteiger charge is -2.20. The van der Waals surface area contributed by atoms with Crippen LogP contribution in [0.1, 0.15) is 42.2 Å². The number of phenols is 2. The van der Waals surface area contributed by atoms with E-state index in [0.29, 0.717) is 31.1 Å². The average Bonchev–Trinajstić information content (AvgIpc) is 3.52. The van der Waals surface area contributed by atoms with Crippen molar-refractivity contribution in [1.29, 1.82) is 0 Å². The average molecular weight is 655 g/mol. The van der Waals surface area contributed by atoms with E-state index in [2.05, 4.69) is 22.6 Å². The van der Waals surface area contributed by atoms with E-state index in [1.54, 1.807) is 21.9 Å². The molecule has 0 fully saturated rings. The Morgan fingerprint density at radius 3 is 1.67 bits per heavy atom. The zero-order valence-corrected chi connectivity index (χ0v) is 24.2. The highest BCUT2D eigenvalue weighted by atomic mass is 127. The molecular formula is C31H28ClIN2O4. The maximum Gasteiger partial charge on any atom is 0.227 e. The highest BCUT2D eigenvalue weighted by Gasteiger charge is 2.36. The fourth-order valence-electron chi connectivity index (χ4n) is 6.24. The molecule has 0 spiro atoms. The van der Waals surface area contributed by atoms with E-state index in [-0.39, 0.29) is 48.0 Å². The number of rotatable bonds is 6. The molecule has 0 unspecified atom stereocenters. The molecule has 2 amide bonds. The molecule has 0 saturated carbocycles. The van der Waals surface area contributed by atoms with E-state index in [1.165, 1.54) is 0 Å². The van der Waals surface area contributed by atoms with Gasteiger partial charge in [0.1, 0.15) is 11.5 Å². The van der Waals surface area contributed by atoms with Crippen molar-refractivity contribution in [3.63, 3.8) is 0 Å². The lowest BCUT2D eigenvalue weighted by atomic mass is 9.95. The maximum absolute atomic E-state index is 13.4. The number of hydrogen-bond donors (Lipinski definition) is 2. The van der Waals surface area contributed by atoms with Crippen LogP contribution >= 0.6 is 34.2 Å². The van der Waals surface area contributed by atoms with Crippen molar-refractivity contribution in [1.82, 2.24) is 0 Å². The molecule has 2 heterocycles. The number of alkyl halides is 2. The van der Waals surface area contributed by atoms with Gasteiger partial charge < -0.3 is 20.0 Å². The molecule has 4 aromatic carbocycles. The van der Waals surface area contributed by atoms with Crippen LogP contribution in [-0.2, 0) is 9.59 Å². The number of carbonyl (C=O) groups is 2. The second-order valence-corrected chi connectivity index (χ2v) is 11.5. The van der Waals surface area contributed by atoms with Crippen LogP contribution in [0.25, 0.3) is 21.5 Å². The largest absolute Gasteiger partial charge is 0.507 e. The molecule has 6 rings (SSSR count). The van der Waals surface area contributed by atoms with Gasteiger partial charge in [-0.1, -0.05) is 71.1 Å². The van der Waals surface area contributed by atoms with Crippen molar-refractivity contribution in [3.8, 4) is 11.5 Å². The Morgan fingerprint density at radius 1 is 0.769 bits per heavy atom. The van der Waals surface area contributed by atoms with Gasteiger partial charge in [-0.2, -0.15) is 0 Å². The summed E-state index contributed by atoms with van der Waals surface area (Å²) >= 11 is 8.66. The number of fused-ring (bicyclic) bond motifs is 6. The van der Waals surface area contributed by atoms with Gasteiger partial charge >= 0.3 is 0 Å². The number of amides is 2. The summed E-state index contributed by atoms with van der Waals surface area (Å²) in [5, 5.41) is 24.7. The van der Waals surface area contributed by atoms with Crippen molar-refractivity contribution < 1.29 is 19.8 Å². The molecule has 0 bridgehead atoms. The van der Waals surface area contributed by atoms with Crippen LogP contribution in [0.2, 0.25) is 0 Å². The molecule has 200 valence electrons. The molecule has 6 nitrogen and oxygen atoms in total. The first kappa shape index (κ1) is 26.2. The van der Waals surface area contributed by atoms with Crippen molar-refractivity contribution in [2.75, 3.05) is 33.2 Å². The predicted molar refractivity (Wildman–Crippen MR) is 165 cm³/mol. The van der Waals surface area contributed by atoms with Gasteiger partial charge in [0.15, 0.2) is 0 Å². The molecule has 2 N–H and O–H groups in total. The summed E-state index contributed by atoms with van der Waals surface area (Å²) in [6.45, 7) is 1.03. The molecular weight excluding hydrogens is 627 g/mol.